The van der Waals surface area contributed by atoms with E-state index in [9.17, 15) is 8.42 Å². The zero-order valence-electron chi connectivity index (χ0n) is 15.4. The zero-order valence-corrected chi connectivity index (χ0v) is 16.3. The third-order valence-corrected chi connectivity index (χ3v) is 5.04. The molecule has 0 aliphatic rings. The molecule has 26 heavy (non-hydrogen) atoms. The quantitative estimate of drug-likeness (QED) is 0.566. The first-order chi connectivity index (χ1) is 12.4. The summed E-state index contributed by atoms with van der Waals surface area (Å²) in [5, 5.41) is 3.85. The SMILES string of the molecule is CCCOc1ccc(C=NNS(=O)(=O)c2ccc(C)c(C)c2)cc1OC. The van der Waals surface area contributed by atoms with Crippen molar-refractivity contribution >= 4 is 16.2 Å². The Hall–Kier alpha value is -2.54. The largest absolute Gasteiger partial charge is 0.493 e. The predicted octanol–water partition coefficient (Wildman–Crippen LogP) is 3.41. The summed E-state index contributed by atoms with van der Waals surface area (Å²) in [6.07, 6.45) is 2.32. The Kier molecular flexibility index (Phi) is 6.63. The molecule has 0 aliphatic carbocycles. The van der Waals surface area contributed by atoms with Crippen LogP contribution in [0.4, 0.5) is 0 Å². The number of hydrogen-bond acceptors (Lipinski definition) is 5. The van der Waals surface area contributed by atoms with E-state index >= 15 is 0 Å². The Morgan fingerprint density at radius 3 is 2.50 bits per heavy atom. The van der Waals surface area contributed by atoms with E-state index in [2.05, 4.69) is 9.93 Å². The fraction of sp³-hybridized carbons (Fsp3) is 0.316. The molecule has 0 fully saturated rings. The second-order valence-corrected chi connectivity index (χ2v) is 7.52. The third kappa shape index (κ3) is 4.98. The molecular formula is C19H24N2O4S. The van der Waals surface area contributed by atoms with E-state index in [1.165, 1.54) is 6.21 Å². The number of methoxy groups -OCH3 is 1. The first-order valence-electron chi connectivity index (χ1n) is 8.30. The first-order valence-corrected chi connectivity index (χ1v) is 9.78. The summed E-state index contributed by atoms with van der Waals surface area (Å²) in [5.74, 6) is 1.21. The van der Waals surface area contributed by atoms with Crippen molar-refractivity contribution in [3.63, 3.8) is 0 Å². The first kappa shape index (κ1) is 19.8. The highest BCUT2D eigenvalue weighted by atomic mass is 32.2. The molecule has 2 aromatic carbocycles. The van der Waals surface area contributed by atoms with Crippen molar-refractivity contribution in [1.82, 2.24) is 4.83 Å². The van der Waals surface area contributed by atoms with Gasteiger partial charge in [-0.05, 0) is 67.3 Å². The molecule has 0 spiro atoms. The highest BCUT2D eigenvalue weighted by Gasteiger charge is 2.13. The number of aryl methyl sites for hydroxylation is 2. The minimum atomic E-state index is -3.71. The molecule has 6 nitrogen and oxygen atoms in total. The van der Waals surface area contributed by atoms with Gasteiger partial charge in [0.15, 0.2) is 11.5 Å². The minimum Gasteiger partial charge on any atom is -0.493 e. The summed E-state index contributed by atoms with van der Waals surface area (Å²) in [4.78, 5) is 2.41. The van der Waals surface area contributed by atoms with Crippen LogP contribution in [0.1, 0.15) is 30.0 Å². The lowest BCUT2D eigenvalue weighted by atomic mass is 10.1. The monoisotopic (exact) mass is 376 g/mol. The number of ether oxygens (including phenoxy) is 2. The van der Waals surface area contributed by atoms with Gasteiger partial charge in [-0.25, -0.2) is 4.83 Å². The van der Waals surface area contributed by atoms with Gasteiger partial charge < -0.3 is 9.47 Å². The molecule has 0 saturated carbocycles. The van der Waals surface area contributed by atoms with Gasteiger partial charge in [-0.15, -0.1) is 0 Å². The number of benzene rings is 2. The molecule has 0 bridgehead atoms. The van der Waals surface area contributed by atoms with E-state index in [0.717, 1.165) is 17.5 Å². The van der Waals surface area contributed by atoms with Gasteiger partial charge >= 0.3 is 0 Å². The number of hydrazone groups is 1. The molecule has 2 rings (SSSR count). The Balaban J connectivity index is 2.12. The van der Waals surface area contributed by atoms with Crippen LogP contribution >= 0.6 is 0 Å². The molecular weight excluding hydrogens is 352 g/mol. The molecule has 7 heteroatoms. The van der Waals surface area contributed by atoms with E-state index in [1.54, 1.807) is 43.5 Å². The summed E-state index contributed by atoms with van der Waals surface area (Å²) < 4.78 is 35.5. The average molecular weight is 376 g/mol. The topological polar surface area (TPSA) is 77.0 Å². The standard InChI is InChI=1S/C19H24N2O4S/c1-5-10-25-18-9-7-16(12-19(18)24-4)13-20-21-26(22,23)17-8-6-14(2)15(3)11-17/h6-9,11-13,21H,5,10H2,1-4H3. The Morgan fingerprint density at radius 2 is 1.85 bits per heavy atom. The fourth-order valence-electron chi connectivity index (χ4n) is 2.20. The van der Waals surface area contributed by atoms with E-state index in [4.69, 9.17) is 9.47 Å². The number of nitrogens with one attached hydrogen (secondary N) is 1. The normalized spacial score (nSPS) is 11.5. The van der Waals surface area contributed by atoms with E-state index in [-0.39, 0.29) is 4.90 Å². The lowest BCUT2D eigenvalue weighted by Gasteiger charge is -2.10. The minimum absolute atomic E-state index is 0.179. The summed E-state index contributed by atoms with van der Waals surface area (Å²) >= 11 is 0. The molecule has 0 aliphatic heterocycles. The second kappa shape index (κ2) is 8.71. The lowest BCUT2D eigenvalue weighted by Crippen LogP contribution is -2.18. The molecule has 0 saturated heterocycles. The van der Waals surface area contributed by atoms with Gasteiger partial charge in [-0.1, -0.05) is 13.0 Å². The number of rotatable bonds is 8. The maximum atomic E-state index is 12.3. The van der Waals surface area contributed by atoms with Crippen LogP contribution in [0.5, 0.6) is 11.5 Å². The van der Waals surface area contributed by atoms with Crippen molar-refractivity contribution in [2.24, 2.45) is 5.10 Å². The second-order valence-electron chi connectivity index (χ2n) is 5.86. The van der Waals surface area contributed by atoms with Crippen LogP contribution in [0.2, 0.25) is 0 Å². The van der Waals surface area contributed by atoms with Gasteiger partial charge in [0.1, 0.15) is 0 Å². The lowest BCUT2D eigenvalue weighted by molar-refractivity contribution is 0.294. The van der Waals surface area contributed by atoms with Gasteiger partial charge in [0.25, 0.3) is 10.0 Å². The zero-order chi connectivity index (χ0) is 19.2. The van der Waals surface area contributed by atoms with Crippen molar-refractivity contribution in [2.75, 3.05) is 13.7 Å². The van der Waals surface area contributed by atoms with Gasteiger partial charge in [0, 0.05) is 0 Å². The van der Waals surface area contributed by atoms with Crippen LogP contribution in [-0.2, 0) is 10.0 Å². The van der Waals surface area contributed by atoms with Crippen molar-refractivity contribution in [3.05, 3.63) is 53.1 Å². The highest BCUT2D eigenvalue weighted by Crippen LogP contribution is 2.27. The fourth-order valence-corrected chi connectivity index (χ4v) is 3.08. The van der Waals surface area contributed by atoms with Crippen LogP contribution in [0, 0.1) is 13.8 Å². The van der Waals surface area contributed by atoms with Crippen LogP contribution < -0.4 is 14.3 Å². The van der Waals surface area contributed by atoms with E-state index in [0.29, 0.717) is 23.7 Å². The Morgan fingerprint density at radius 1 is 1.08 bits per heavy atom. The summed E-state index contributed by atoms with van der Waals surface area (Å²) in [6, 6.07) is 10.2. The summed E-state index contributed by atoms with van der Waals surface area (Å²) in [5.41, 5.74) is 2.63. The van der Waals surface area contributed by atoms with Crippen molar-refractivity contribution in [3.8, 4) is 11.5 Å². The van der Waals surface area contributed by atoms with Gasteiger partial charge in [0.05, 0.1) is 24.8 Å². The molecule has 1 N–H and O–H groups in total. The van der Waals surface area contributed by atoms with Gasteiger partial charge in [-0.2, -0.15) is 13.5 Å². The molecule has 2 aromatic rings. The summed E-state index contributed by atoms with van der Waals surface area (Å²) in [7, 11) is -2.16. The smallest absolute Gasteiger partial charge is 0.276 e. The van der Waals surface area contributed by atoms with Crippen LogP contribution in [0.3, 0.4) is 0 Å². The van der Waals surface area contributed by atoms with Gasteiger partial charge in [0.2, 0.25) is 0 Å². The maximum Gasteiger partial charge on any atom is 0.276 e. The third-order valence-electron chi connectivity index (χ3n) is 3.82. The van der Waals surface area contributed by atoms with Crippen LogP contribution in [0.25, 0.3) is 0 Å². The van der Waals surface area contributed by atoms with E-state index < -0.39 is 10.0 Å². The van der Waals surface area contributed by atoms with E-state index in [1.807, 2.05) is 20.8 Å². The van der Waals surface area contributed by atoms with Crippen LogP contribution in [0.15, 0.2) is 46.4 Å². The predicted molar refractivity (Wildman–Crippen MR) is 103 cm³/mol. The number of nitrogens with zero attached hydrogens (tertiary/aromatic N) is 1. The molecule has 0 unspecified atom stereocenters. The van der Waals surface area contributed by atoms with Crippen molar-refractivity contribution in [2.45, 2.75) is 32.1 Å². The Bertz CT molecular complexity index is 892. The number of sulfonamides is 1. The molecule has 0 aromatic heterocycles. The van der Waals surface area contributed by atoms with Gasteiger partial charge in [-0.3, -0.25) is 0 Å². The van der Waals surface area contributed by atoms with Crippen molar-refractivity contribution in [1.29, 1.82) is 0 Å². The molecule has 0 radical (unpaired) electrons. The Labute approximate surface area is 154 Å². The highest BCUT2D eigenvalue weighted by molar-refractivity contribution is 7.89. The maximum absolute atomic E-state index is 12.3. The van der Waals surface area contributed by atoms with Crippen molar-refractivity contribution < 1.29 is 17.9 Å². The average Bonchev–Trinajstić information content (AvgIpc) is 2.62. The number of hydrogen-bond donors (Lipinski definition) is 1. The molecule has 0 atom stereocenters. The molecule has 0 amide bonds. The van der Waals surface area contributed by atoms with Crippen LogP contribution in [-0.4, -0.2) is 28.3 Å². The summed E-state index contributed by atoms with van der Waals surface area (Å²) in [6.45, 7) is 6.42. The molecule has 140 valence electrons. The molecule has 0 heterocycles.